The van der Waals surface area contributed by atoms with E-state index in [1.165, 1.54) is 11.4 Å². The molecule has 7 heteroatoms. The van der Waals surface area contributed by atoms with Gasteiger partial charge >= 0.3 is 0 Å². The largest absolute Gasteiger partial charge is 0.396 e. The second kappa shape index (κ2) is 6.19. The van der Waals surface area contributed by atoms with Gasteiger partial charge in [-0.1, -0.05) is 13.8 Å². The van der Waals surface area contributed by atoms with E-state index in [0.717, 1.165) is 18.6 Å². The molecule has 4 nitrogen and oxygen atoms in total. The average Bonchev–Trinajstić information content (AvgIpc) is 2.30. The fraction of sp³-hybridized carbons (Fsp3) is 0.500. The van der Waals surface area contributed by atoms with Crippen molar-refractivity contribution in [3.63, 3.8) is 0 Å². The highest BCUT2D eigenvalue weighted by molar-refractivity contribution is 9.10. The molecule has 0 saturated carbocycles. The number of hydrogen-bond donors (Lipinski definition) is 1. The van der Waals surface area contributed by atoms with Crippen LogP contribution in [-0.4, -0.2) is 26.3 Å². The molecule has 0 radical (unpaired) electrons. The molecule has 1 rings (SSSR count). The molecule has 1 aromatic carbocycles. The number of nitrogens with zero attached hydrogens (tertiary/aromatic N) is 1. The van der Waals surface area contributed by atoms with Gasteiger partial charge in [0.15, 0.2) is 0 Å². The van der Waals surface area contributed by atoms with Crippen LogP contribution in [0.15, 0.2) is 21.5 Å². The van der Waals surface area contributed by atoms with Crippen LogP contribution in [0.5, 0.6) is 0 Å². The van der Waals surface area contributed by atoms with Crippen molar-refractivity contribution < 1.29 is 12.8 Å². The molecule has 2 N–H and O–H groups in total. The first-order valence-electron chi connectivity index (χ1n) is 5.87. The van der Waals surface area contributed by atoms with Gasteiger partial charge < -0.3 is 5.73 Å². The molecule has 0 aliphatic heterocycles. The van der Waals surface area contributed by atoms with Crippen molar-refractivity contribution in [1.29, 1.82) is 0 Å². The fourth-order valence-electron chi connectivity index (χ4n) is 1.47. The summed E-state index contributed by atoms with van der Waals surface area (Å²) in [5.74, 6) is -0.241. The molecule has 108 valence electrons. The molecule has 0 aromatic heterocycles. The van der Waals surface area contributed by atoms with Gasteiger partial charge in [-0.05, 0) is 40.4 Å². The Bertz CT molecular complexity index is 561. The summed E-state index contributed by atoms with van der Waals surface area (Å²) < 4.78 is 39.4. The van der Waals surface area contributed by atoms with Gasteiger partial charge in [0.2, 0.25) is 10.0 Å². The first-order chi connectivity index (χ1) is 8.66. The van der Waals surface area contributed by atoms with E-state index < -0.39 is 15.8 Å². The summed E-state index contributed by atoms with van der Waals surface area (Å²) in [7, 11) is -2.16. The minimum Gasteiger partial charge on any atom is -0.396 e. The van der Waals surface area contributed by atoms with Gasteiger partial charge in [-0.15, -0.1) is 0 Å². The Morgan fingerprint density at radius 3 is 2.53 bits per heavy atom. The molecule has 0 aliphatic carbocycles. The number of nitrogen functional groups attached to an aromatic ring is 1. The average molecular weight is 353 g/mol. The molecule has 0 heterocycles. The van der Waals surface area contributed by atoms with E-state index in [2.05, 4.69) is 15.9 Å². The Labute approximate surface area is 122 Å². The summed E-state index contributed by atoms with van der Waals surface area (Å²) in [4.78, 5) is -0.0161. The summed E-state index contributed by atoms with van der Waals surface area (Å²) >= 11 is 3.06. The second-order valence-corrected chi connectivity index (χ2v) is 7.68. The maximum atomic E-state index is 13.2. The first-order valence-corrected chi connectivity index (χ1v) is 8.10. The van der Waals surface area contributed by atoms with Gasteiger partial charge in [0, 0.05) is 18.1 Å². The predicted octanol–water partition coefficient (Wildman–Crippen LogP) is 2.84. The highest BCUT2D eigenvalue weighted by Gasteiger charge is 2.24. The highest BCUT2D eigenvalue weighted by atomic mass is 79.9. The maximum Gasteiger partial charge on any atom is 0.244 e. The van der Waals surface area contributed by atoms with Crippen LogP contribution in [0.25, 0.3) is 0 Å². The van der Waals surface area contributed by atoms with Gasteiger partial charge in [-0.25, -0.2) is 17.1 Å². The molecule has 0 unspecified atom stereocenters. The monoisotopic (exact) mass is 352 g/mol. The molecule has 0 spiro atoms. The SMILES string of the molecule is CC(C)CCN(C)S(=O)(=O)c1cc(N)c(F)cc1Br. The van der Waals surface area contributed by atoms with Gasteiger partial charge in [0.1, 0.15) is 5.82 Å². The zero-order valence-corrected chi connectivity index (χ0v) is 13.6. The van der Waals surface area contributed by atoms with Crippen molar-refractivity contribution >= 4 is 31.6 Å². The Balaban J connectivity index is 3.10. The van der Waals surface area contributed by atoms with E-state index in [0.29, 0.717) is 12.5 Å². The number of rotatable bonds is 5. The number of hydrogen-bond acceptors (Lipinski definition) is 3. The normalized spacial score (nSPS) is 12.4. The van der Waals surface area contributed by atoms with Gasteiger partial charge in [-0.2, -0.15) is 0 Å². The lowest BCUT2D eigenvalue weighted by atomic mass is 10.1. The van der Waals surface area contributed by atoms with Gasteiger partial charge in [-0.3, -0.25) is 0 Å². The Kier molecular flexibility index (Phi) is 5.34. The smallest absolute Gasteiger partial charge is 0.244 e. The standard InChI is InChI=1S/C12H18BrFN2O2S/c1-8(2)4-5-16(3)19(17,18)12-7-11(15)10(14)6-9(12)13/h6-8H,4-5,15H2,1-3H3. The summed E-state index contributed by atoms with van der Waals surface area (Å²) in [6.45, 7) is 4.45. The zero-order chi connectivity index (χ0) is 14.8. The highest BCUT2D eigenvalue weighted by Crippen LogP contribution is 2.28. The first kappa shape index (κ1) is 16.4. The lowest BCUT2D eigenvalue weighted by molar-refractivity contribution is 0.428. The van der Waals surface area contributed by atoms with Crippen molar-refractivity contribution in [2.45, 2.75) is 25.2 Å². The second-order valence-electron chi connectivity index (χ2n) is 4.81. The summed E-state index contributed by atoms with van der Waals surface area (Å²) in [6, 6.07) is 2.21. The number of anilines is 1. The van der Waals surface area contributed by atoms with E-state index in [4.69, 9.17) is 5.73 Å². The van der Waals surface area contributed by atoms with Crippen LogP contribution >= 0.6 is 15.9 Å². The summed E-state index contributed by atoms with van der Waals surface area (Å²) in [6.07, 6.45) is 0.754. The zero-order valence-electron chi connectivity index (χ0n) is 11.2. The minimum absolute atomic E-state index is 0.0161. The van der Waals surface area contributed by atoms with Crippen LogP contribution in [-0.2, 0) is 10.0 Å². The predicted molar refractivity (Wildman–Crippen MR) is 77.8 cm³/mol. The number of nitrogens with two attached hydrogens (primary N) is 1. The van der Waals surface area contributed by atoms with E-state index in [-0.39, 0.29) is 15.1 Å². The van der Waals surface area contributed by atoms with Crippen molar-refractivity contribution in [3.05, 3.63) is 22.4 Å². The van der Waals surface area contributed by atoms with Crippen LogP contribution in [0.4, 0.5) is 10.1 Å². The third-order valence-electron chi connectivity index (χ3n) is 2.76. The summed E-state index contributed by atoms with van der Waals surface area (Å²) in [5.41, 5.74) is 5.25. The van der Waals surface area contributed by atoms with Crippen molar-refractivity contribution in [2.24, 2.45) is 5.92 Å². The molecule has 0 aliphatic rings. The Morgan fingerprint density at radius 1 is 1.42 bits per heavy atom. The van der Waals surface area contributed by atoms with Crippen molar-refractivity contribution in [1.82, 2.24) is 4.31 Å². The van der Waals surface area contributed by atoms with Crippen molar-refractivity contribution in [2.75, 3.05) is 19.3 Å². The van der Waals surface area contributed by atoms with Gasteiger partial charge in [0.05, 0.1) is 10.6 Å². The van der Waals surface area contributed by atoms with E-state index in [9.17, 15) is 12.8 Å². The lowest BCUT2D eigenvalue weighted by Crippen LogP contribution is -2.29. The van der Waals surface area contributed by atoms with E-state index >= 15 is 0 Å². The maximum absolute atomic E-state index is 13.2. The Hall–Kier alpha value is -0.660. The molecular formula is C12H18BrFN2O2S. The fourth-order valence-corrected chi connectivity index (χ4v) is 3.66. The van der Waals surface area contributed by atoms with Crippen LogP contribution in [0.2, 0.25) is 0 Å². The third-order valence-corrected chi connectivity index (χ3v) is 5.58. The van der Waals surface area contributed by atoms with E-state index in [1.807, 2.05) is 13.8 Å². The molecular weight excluding hydrogens is 335 g/mol. The molecule has 0 atom stereocenters. The number of benzene rings is 1. The number of halogens is 2. The van der Waals surface area contributed by atoms with Gasteiger partial charge in [0.25, 0.3) is 0 Å². The Morgan fingerprint density at radius 2 is 2.00 bits per heavy atom. The minimum atomic E-state index is -3.66. The van der Waals surface area contributed by atoms with Crippen LogP contribution in [0, 0.1) is 11.7 Å². The molecule has 1 aromatic rings. The number of sulfonamides is 1. The molecule has 0 saturated heterocycles. The third kappa shape index (κ3) is 3.90. The molecule has 0 fully saturated rings. The quantitative estimate of drug-likeness (QED) is 0.828. The van der Waals surface area contributed by atoms with Crippen LogP contribution in [0.3, 0.4) is 0 Å². The van der Waals surface area contributed by atoms with Crippen molar-refractivity contribution in [3.8, 4) is 0 Å². The topological polar surface area (TPSA) is 63.4 Å². The van der Waals surface area contributed by atoms with E-state index in [1.54, 1.807) is 0 Å². The van der Waals surface area contributed by atoms with Crippen LogP contribution in [0.1, 0.15) is 20.3 Å². The molecule has 19 heavy (non-hydrogen) atoms. The summed E-state index contributed by atoms with van der Waals surface area (Å²) in [5, 5.41) is 0. The lowest BCUT2D eigenvalue weighted by Gasteiger charge is -2.19. The molecule has 0 bridgehead atoms. The molecule has 0 amide bonds. The van der Waals surface area contributed by atoms with Crippen LogP contribution < -0.4 is 5.73 Å².